The van der Waals surface area contributed by atoms with Crippen molar-refractivity contribution in [3.8, 4) is 5.75 Å². The van der Waals surface area contributed by atoms with Gasteiger partial charge in [0.1, 0.15) is 5.75 Å². The van der Waals surface area contributed by atoms with Crippen molar-refractivity contribution in [3.63, 3.8) is 0 Å². The van der Waals surface area contributed by atoms with Gasteiger partial charge in [-0.15, -0.1) is 0 Å². The molecule has 0 aromatic carbocycles. The van der Waals surface area contributed by atoms with Gasteiger partial charge in [-0.1, -0.05) is 6.92 Å². The van der Waals surface area contributed by atoms with Gasteiger partial charge in [-0.2, -0.15) is 0 Å². The minimum absolute atomic E-state index is 0.0481. The van der Waals surface area contributed by atoms with Crippen LogP contribution in [0.3, 0.4) is 0 Å². The molecule has 1 atom stereocenters. The number of nitrogens with one attached hydrogen (secondary N) is 1. The first kappa shape index (κ1) is 12.8. The molecular weight excluding hydrogens is 230 g/mol. The van der Waals surface area contributed by atoms with E-state index in [1.54, 1.807) is 11.0 Å². The van der Waals surface area contributed by atoms with E-state index in [0.717, 1.165) is 25.9 Å². The maximum absolute atomic E-state index is 12.3. The molecule has 5 nitrogen and oxygen atoms in total. The summed E-state index contributed by atoms with van der Waals surface area (Å²) in [7, 11) is 0. The fourth-order valence-corrected chi connectivity index (χ4v) is 2.35. The Balaban J connectivity index is 2.07. The van der Waals surface area contributed by atoms with Crippen molar-refractivity contribution < 1.29 is 9.90 Å². The van der Waals surface area contributed by atoms with E-state index in [1.165, 1.54) is 12.4 Å². The number of hydrogen-bond donors (Lipinski definition) is 2. The van der Waals surface area contributed by atoms with Gasteiger partial charge < -0.3 is 15.3 Å². The van der Waals surface area contributed by atoms with Crippen molar-refractivity contribution in [1.82, 2.24) is 15.2 Å². The first-order chi connectivity index (χ1) is 8.72. The number of piperidine rings is 1. The summed E-state index contributed by atoms with van der Waals surface area (Å²) >= 11 is 0. The SMILES string of the molecule is CCNC1CCCN(C(=O)c2ccncc2O)C1. The number of rotatable bonds is 3. The van der Waals surface area contributed by atoms with Crippen LogP contribution in [0.4, 0.5) is 0 Å². The van der Waals surface area contributed by atoms with Crippen molar-refractivity contribution in [1.29, 1.82) is 0 Å². The van der Waals surface area contributed by atoms with Gasteiger partial charge in [-0.05, 0) is 25.5 Å². The topological polar surface area (TPSA) is 65.5 Å². The van der Waals surface area contributed by atoms with Gasteiger partial charge in [0.15, 0.2) is 0 Å². The van der Waals surface area contributed by atoms with Crippen LogP contribution in [0, 0.1) is 0 Å². The molecule has 1 aliphatic rings. The number of carbonyl (C=O) groups is 1. The Morgan fingerprint density at radius 1 is 1.67 bits per heavy atom. The Kier molecular flexibility index (Phi) is 4.15. The Labute approximate surface area is 107 Å². The number of hydrogen-bond acceptors (Lipinski definition) is 4. The number of aromatic hydroxyl groups is 1. The van der Waals surface area contributed by atoms with Crippen LogP contribution in [0.15, 0.2) is 18.5 Å². The van der Waals surface area contributed by atoms with Crippen LogP contribution in [-0.2, 0) is 0 Å². The van der Waals surface area contributed by atoms with Crippen LogP contribution in [0.25, 0.3) is 0 Å². The number of aromatic nitrogens is 1. The van der Waals surface area contributed by atoms with Crippen molar-refractivity contribution in [2.24, 2.45) is 0 Å². The van der Waals surface area contributed by atoms with Crippen LogP contribution in [0.1, 0.15) is 30.1 Å². The Bertz CT molecular complexity index is 420. The maximum atomic E-state index is 12.3. The Morgan fingerprint density at radius 2 is 2.50 bits per heavy atom. The van der Waals surface area contributed by atoms with E-state index >= 15 is 0 Å². The number of likely N-dealkylation sites (N-methyl/N-ethyl adjacent to an activating group) is 1. The summed E-state index contributed by atoms with van der Waals surface area (Å²) in [5, 5.41) is 13.0. The Morgan fingerprint density at radius 3 is 3.22 bits per heavy atom. The minimum atomic E-state index is -0.113. The van der Waals surface area contributed by atoms with E-state index in [9.17, 15) is 9.90 Å². The normalized spacial score (nSPS) is 19.8. The standard InChI is InChI=1S/C13H19N3O2/c1-2-15-10-4-3-7-16(9-10)13(18)11-5-6-14-8-12(11)17/h5-6,8,10,15,17H,2-4,7,9H2,1H3. The second kappa shape index (κ2) is 5.82. The van der Waals surface area contributed by atoms with Crippen LogP contribution in [0.5, 0.6) is 5.75 Å². The van der Waals surface area contributed by atoms with E-state index in [-0.39, 0.29) is 11.7 Å². The van der Waals surface area contributed by atoms with Crippen molar-refractivity contribution in [2.75, 3.05) is 19.6 Å². The number of nitrogens with zero attached hydrogens (tertiary/aromatic N) is 2. The minimum Gasteiger partial charge on any atom is -0.505 e. The monoisotopic (exact) mass is 249 g/mol. The lowest BCUT2D eigenvalue weighted by molar-refractivity contribution is 0.0692. The van der Waals surface area contributed by atoms with Crippen molar-refractivity contribution >= 4 is 5.91 Å². The van der Waals surface area contributed by atoms with Crippen LogP contribution < -0.4 is 5.32 Å². The summed E-state index contributed by atoms with van der Waals surface area (Å²) < 4.78 is 0. The average molecular weight is 249 g/mol. The molecule has 0 saturated carbocycles. The number of pyridine rings is 1. The lowest BCUT2D eigenvalue weighted by Gasteiger charge is -2.33. The molecule has 2 rings (SSSR count). The largest absolute Gasteiger partial charge is 0.505 e. The lowest BCUT2D eigenvalue weighted by atomic mass is 10.0. The highest BCUT2D eigenvalue weighted by molar-refractivity contribution is 5.96. The molecule has 5 heteroatoms. The van der Waals surface area contributed by atoms with E-state index in [4.69, 9.17) is 0 Å². The van der Waals surface area contributed by atoms with Gasteiger partial charge in [0, 0.05) is 25.3 Å². The fourth-order valence-electron chi connectivity index (χ4n) is 2.35. The van der Waals surface area contributed by atoms with E-state index in [1.807, 2.05) is 0 Å². The molecule has 0 aliphatic carbocycles. The third kappa shape index (κ3) is 2.79. The smallest absolute Gasteiger partial charge is 0.257 e. The lowest BCUT2D eigenvalue weighted by Crippen LogP contribution is -2.47. The molecule has 18 heavy (non-hydrogen) atoms. The van der Waals surface area contributed by atoms with Gasteiger partial charge in [0.05, 0.1) is 11.8 Å². The Hall–Kier alpha value is -1.62. The number of carbonyl (C=O) groups excluding carboxylic acids is 1. The first-order valence-corrected chi connectivity index (χ1v) is 6.38. The third-order valence-electron chi connectivity index (χ3n) is 3.23. The zero-order valence-corrected chi connectivity index (χ0v) is 10.6. The van der Waals surface area contributed by atoms with Gasteiger partial charge in [0.25, 0.3) is 5.91 Å². The molecule has 0 radical (unpaired) electrons. The molecular formula is C13H19N3O2. The zero-order valence-electron chi connectivity index (χ0n) is 10.6. The summed E-state index contributed by atoms with van der Waals surface area (Å²) in [4.78, 5) is 17.9. The zero-order chi connectivity index (χ0) is 13.0. The van der Waals surface area contributed by atoms with E-state index in [0.29, 0.717) is 18.2 Å². The van der Waals surface area contributed by atoms with Gasteiger partial charge >= 0.3 is 0 Å². The molecule has 1 fully saturated rings. The molecule has 2 heterocycles. The molecule has 0 bridgehead atoms. The molecule has 1 aromatic rings. The van der Waals surface area contributed by atoms with Crippen LogP contribution in [-0.4, -0.2) is 46.6 Å². The second-order valence-corrected chi connectivity index (χ2v) is 4.54. The molecule has 1 aliphatic heterocycles. The highest BCUT2D eigenvalue weighted by atomic mass is 16.3. The van der Waals surface area contributed by atoms with Gasteiger partial charge in [-0.3, -0.25) is 9.78 Å². The maximum Gasteiger partial charge on any atom is 0.257 e. The predicted molar refractivity (Wildman–Crippen MR) is 68.5 cm³/mol. The summed E-state index contributed by atoms with van der Waals surface area (Å²) in [5.41, 5.74) is 0.335. The highest BCUT2D eigenvalue weighted by Gasteiger charge is 2.25. The molecule has 2 N–H and O–H groups in total. The average Bonchev–Trinajstić information content (AvgIpc) is 2.39. The summed E-state index contributed by atoms with van der Waals surface area (Å²) in [6.07, 6.45) is 4.92. The summed E-state index contributed by atoms with van der Waals surface area (Å²) in [6, 6.07) is 1.92. The summed E-state index contributed by atoms with van der Waals surface area (Å²) in [6.45, 7) is 4.43. The molecule has 1 saturated heterocycles. The fraction of sp³-hybridized carbons (Fsp3) is 0.538. The first-order valence-electron chi connectivity index (χ1n) is 6.38. The molecule has 0 spiro atoms. The third-order valence-corrected chi connectivity index (χ3v) is 3.23. The molecule has 1 unspecified atom stereocenters. The van der Waals surface area contributed by atoms with Gasteiger partial charge in [-0.25, -0.2) is 0 Å². The number of likely N-dealkylation sites (tertiary alicyclic amines) is 1. The van der Waals surface area contributed by atoms with Crippen molar-refractivity contribution in [2.45, 2.75) is 25.8 Å². The molecule has 1 aromatic heterocycles. The van der Waals surface area contributed by atoms with Crippen molar-refractivity contribution in [3.05, 3.63) is 24.0 Å². The van der Waals surface area contributed by atoms with Crippen LogP contribution in [0.2, 0.25) is 0 Å². The van der Waals surface area contributed by atoms with E-state index in [2.05, 4.69) is 17.2 Å². The van der Waals surface area contributed by atoms with Crippen LogP contribution >= 0.6 is 0 Å². The number of amides is 1. The van der Waals surface area contributed by atoms with E-state index < -0.39 is 0 Å². The quantitative estimate of drug-likeness (QED) is 0.839. The predicted octanol–water partition coefficient (Wildman–Crippen LogP) is 1.00. The highest BCUT2D eigenvalue weighted by Crippen LogP contribution is 2.19. The second-order valence-electron chi connectivity index (χ2n) is 4.54. The van der Waals surface area contributed by atoms with Gasteiger partial charge in [0.2, 0.25) is 0 Å². The molecule has 98 valence electrons. The summed E-state index contributed by atoms with van der Waals surface area (Å²) in [5.74, 6) is -0.162. The molecule has 1 amide bonds.